The molecule has 1 aromatic rings. The number of aromatic nitrogens is 2. The summed E-state index contributed by atoms with van der Waals surface area (Å²) in [6.07, 6.45) is 0. The third-order valence-corrected chi connectivity index (χ3v) is 1.68. The number of hydrogen-bond acceptors (Lipinski definition) is 3. The van der Waals surface area contributed by atoms with Gasteiger partial charge in [0, 0.05) is 13.1 Å². The van der Waals surface area contributed by atoms with E-state index >= 15 is 0 Å². The van der Waals surface area contributed by atoms with E-state index in [9.17, 15) is 4.79 Å². The standard InChI is InChI=1S/C6H9N2O3P/c1-8-5(11-12-2)3-4(7-8)6(9)10/h3,12H,1-2H3,(H,9,10). The van der Waals surface area contributed by atoms with Crippen molar-refractivity contribution in [1.82, 2.24) is 9.78 Å². The van der Waals surface area contributed by atoms with Gasteiger partial charge in [-0.15, -0.1) is 0 Å². The lowest BCUT2D eigenvalue weighted by Crippen LogP contribution is -1.99. The fourth-order valence-corrected chi connectivity index (χ4v) is 1.15. The Balaban J connectivity index is 2.92. The summed E-state index contributed by atoms with van der Waals surface area (Å²) in [5.74, 6) is -0.562. The van der Waals surface area contributed by atoms with Gasteiger partial charge in [-0.2, -0.15) is 5.10 Å². The van der Waals surface area contributed by atoms with Crippen LogP contribution >= 0.6 is 8.81 Å². The van der Waals surface area contributed by atoms with Gasteiger partial charge in [-0.3, -0.25) is 0 Å². The highest BCUT2D eigenvalue weighted by Gasteiger charge is 2.10. The summed E-state index contributed by atoms with van der Waals surface area (Å²) in [7, 11) is 1.93. The molecule has 1 atom stereocenters. The lowest BCUT2D eigenvalue weighted by atomic mass is 10.4. The quantitative estimate of drug-likeness (QED) is 0.710. The molecule has 5 nitrogen and oxygen atoms in total. The zero-order valence-electron chi connectivity index (χ0n) is 6.74. The molecular formula is C6H9N2O3P. The van der Waals surface area contributed by atoms with E-state index in [4.69, 9.17) is 9.63 Å². The maximum absolute atomic E-state index is 10.4. The van der Waals surface area contributed by atoms with Crippen LogP contribution in [0.2, 0.25) is 0 Å². The molecule has 0 saturated heterocycles. The largest absolute Gasteiger partial charge is 0.476 e. The Kier molecular flexibility index (Phi) is 2.65. The molecular weight excluding hydrogens is 179 g/mol. The summed E-state index contributed by atoms with van der Waals surface area (Å²) in [4.78, 5) is 10.4. The molecule has 1 heterocycles. The number of carboxylic acid groups (broad SMARTS) is 1. The summed E-state index contributed by atoms with van der Waals surface area (Å²) in [6.45, 7) is 1.85. The normalized spacial score (nSPS) is 10.8. The van der Waals surface area contributed by atoms with Gasteiger partial charge in [-0.05, 0) is 6.66 Å². The molecule has 0 fully saturated rings. The fourth-order valence-electron chi connectivity index (χ4n) is 0.755. The van der Waals surface area contributed by atoms with Crippen molar-refractivity contribution in [2.75, 3.05) is 6.66 Å². The highest BCUT2D eigenvalue weighted by molar-refractivity contribution is 7.31. The summed E-state index contributed by atoms with van der Waals surface area (Å²) in [5, 5.41) is 12.3. The molecule has 0 radical (unpaired) electrons. The molecule has 1 rings (SSSR count). The number of carboxylic acids is 1. The Morgan fingerprint density at radius 1 is 1.83 bits per heavy atom. The van der Waals surface area contributed by atoms with Gasteiger partial charge >= 0.3 is 5.97 Å². The van der Waals surface area contributed by atoms with Gasteiger partial charge < -0.3 is 9.63 Å². The first-order valence-corrected chi connectivity index (χ1v) is 4.67. The summed E-state index contributed by atoms with van der Waals surface area (Å²) in [6, 6.07) is 1.40. The molecule has 1 N–H and O–H groups in total. The van der Waals surface area contributed by atoms with E-state index in [1.54, 1.807) is 7.05 Å². The second kappa shape index (κ2) is 3.54. The fraction of sp³-hybridized carbons (Fsp3) is 0.333. The molecule has 0 aliphatic heterocycles. The number of nitrogens with zero attached hydrogens (tertiary/aromatic N) is 2. The molecule has 0 amide bonds. The van der Waals surface area contributed by atoms with Crippen LogP contribution in [-0.4, -0.2) is 27.5 Å². The van der Waals surface area contributed by atoms with Crippen LogP contribution in [0.4, 0.5) is 0 Å². The summed E-state index contributed by atoms with van der Waals surface area (Å²) >= 11 is 0. The van der Waals surface area contributed by atoms with E-state index < -0.39 is 5.97 Å². The van der Waals surface area contributed by atoms with Crippen molar-refractivity contribution in [3.63, 3.8) is 0 Å². The molecule has 0 aromatic carbocycles. The molecule has 6 heteroatoms. The van der Waals surface area contributed by atoms with Crippen molar-refractivity contribution >= 4 is 14.8 Å². The molecule has 12 heavy (non-hydrogen) atoms. The highest BCUT2D eigenvalue weighted by atomic mass is 31.1. The molecule has 0 aliphatic carbocycles. The molecule has 0 spiro atoms. The molecule has 1 unspecified atom stereocenters. The third-order valence-electron chi connectivity index (χ3n) is 1.26. The van der Waals surface area contributed by atoms with Crippen LogP contribution in [0.15, 0.2) is 6.07 Å². The lowest BCUT2D eigenvalue weighted by Gasteiger charge is -1.99. The third kappa shape index (κ3) is 1.74. The first kappa shape index (κ1) is 9.00. The Hall–Kier alpha value is -1.09. The van der Waals surface area contributed by atoms with Crippen LogP contribution in [0.25, 0.3) is 0 Å². The van der Waals surface area contributed by atoms with Crippen LogP contribution < -0.4 is 4.52 Å². The van der Waals surface area contributed by atoms with E-state index in [1.807, 2.05) is 6.66 Å². The van der Waals surface area contributed by atoms with Crippen LogP contribution in [0.3, 0.4) is 0 Å². The average Bonchev–Trinajstić information content (AvgIpc) is 2.34. The van der Waals surface area contributed by atoms with E-state index in [1.165, 1.54) is 10.7 Å². The highest BCUT2D eigenvalue weighted by Crippen LogP contribution is 2.18. The first-order chi connectivity index (χ1) is 5.65. The van der Waals surface area contributed by atoms with E-state index in [0.29, 0.717) is 5.88 Å². The first-order valence-electron chi connectivity index (χ1n) is 3.26. The van der Waals surface area contributed by atoms with Crippen molar-refractivity contribution in [3.05, 3.63) is 11.8 Å². The average molecular weight is 188 g/mol. The summed E-state index contributed by atoms with van der Waals surface area (Å²) in [5.41, 5.74) is 0.00532. The monoisotopic (exact) mass is 188 g/mol. The van der Waals surface area contributed by atoms with E-state index in [2.05, 4.69) is 5.10 Å². The van der Waals surface area contributed by atoms with Gasteiger partial charge in [0.05, 0.1) is 8.81 Å². The smallest absolute Gasteiger partial charge is 0.356 e. The second-order valence-electron chi connectivity index (χ2n) is 2.10. The molecule has 66 valence electrons. The SMILES string of the molecule is CPOc1cc(C(=O)O)nn1C. The van der Waals surface area contributed by atoms with Gasteiger partial charge in [-0.1, -0.05) is 0 Å². The number of carbonyl (C=O) groups is 1. The van der Waals surface area contributed by atoms with Gasteiger partial charge in [0.2, 0.25) is 5.88 Å². The van der Waals surface area contributed by atoms with E-state index in [-0.39, 0.29) is 14.5 Å². The molecule has 0 saturated carbocycles. The maximum Gasteiger partial charge on any atom is 0.356 e. The number of hydrogen-bond donors (Lipinski definition) is 1. The Labute approximate surface area is 71.2 Å². The summed E-state index contributed by atoms with van der Waals surface area (Å²) < 4.78 is 6.54. The number of aromatic carboxylic acids is 1. The van der Waals surface area contributed by atoms with Crippen molar-refractivity contribution in [3.8, 4) is 5.88 Å². The van der Waals surface area contributed by atoms with Crippen LogP contribution in [0, 0.1) is 0 Å². The zero-order chi connectivity index (χ0) is 9.14. The van der Waals surface area contributed by atoms with Crippen LogP contribution in [0.5, 0.6) is 5.88 Å². The molecule has 0 aliphatic rings. The predicted molar refractivity (Wildman–Crippen MR) is 45.0 cm³/mol. The predicted octanol–water partition coefficient (Wildman–Crippen LogP) is 0.720. The van der Waals surface area contributed by atoms with Gasteiger partial charge in [0.25, 0.3) is 0 Å². The maximum atomic E-state index is 10.4. The Morgan fingerprint density at radius 3 is 2.92 bits per heavy atom. The number of aryl methyl sites for hydroxylation is 1. The van der Waals surface area contributed by atoms with Gasteiger partial charge in [-0.25, -0.2) is 9.48 Å². The topological polar surface area (TPSA) is 64.3 Å². The minimum absolute atomic E-state index is 0.00532. The van der Waals surface area contributed by atoms with Crippen molar-refractivity contribution in [1.29, 1.82) is 0 Å². The molecule has 0 bridgehead atoms. The van der Waals surface area contributed by atoms with Crippen LogP contribution in [0.1, 0.15) is 10.5 Å². The van der Waals surface area contributed by atoms with Crippen molar-refractivity contribution < 1.29 is 14.4 Å². The van der Waals surface area contributed by atoms with Gasteiger partial charge in [0.1, 0.15) is 0 Å². The van der Waals surface area contributed by atoms with Crippen LogP contribution in [-0.2, 0) is 7.05 Å². The Bertz CT molecular complexity index is 297. The minimum atomic E-state index is -1.04. The minimum Gasteiger partial charge on any atom is -0.476 e. The number of rotatable bonds is 3. The van der Waals surface area contributed by atoms with Gasteiger partial charge in [0.15, 0.2) is 5.69 Å². The van der Waals surface area contributed by atoms with E-state index in [0.717, 1.165) is 0 Å². The molecule has 1 aromatic heterocycles. The van der Waals surface area contributed by atoms with Crippen molar-refractivity contribution in [2.24, 2.45) is 7.05 Å². The second-order valence-corrected chi connectivity index (χ2v) is 2.72. The lowest BCUT2D eigenvalue weighted by molar-refractivity contribution is 0.0689. The zero-order valence-corrected chi connectivity index (χ0v) is 7.74. The Morgan fingerprint density at radius 2 is 2.50 bits per heavy atom. The van der Waals surface area contributed by atoms with Crippen molar-refractivity contribution in [2.45, 2.75) is 0 Å².